The zero-order chi connectivity index (χ0) is 16.0. The molecule has 6 heteroatoms. The Kier molecular flexibility index (Phi) is 9.15. The molecule has 1 atom stereocenters. The lowest BCUT2D eigenvalue weighted by molar-refractivity contribution is 0.119. The lowest BCUT2D eigenvalue weighted by Gasteiger charge is -2.41. The number of halogens is 1. The van der Waals surface area contributed by atoms with Gasteiger partial charge in [0.15, 0.2) is 5.96 Å². The van der Waals surface area contributed by atoms with Crippen LogP contribution in [0.25, 0.3) is 0 Å². The molecule has 2 N–H and O–H groups in total. The van der Waals surface area contributed by atoms with Crippen LogP contribution < -0.4 is 10.6 Å². The van der Waals surface area contributed by atoms with Crippen LogP contribution >= 0.6 is 24.0 Å². The molecule has 0 spiro atoms. The number of rotatable bonds is 6. The number of piperazine rings is 1. The number of aliphatic imine (C=N–C) groups is 1. The molecule has 0 amide bonds. The van der Waals surface area contributed by atoms with E-state index in [1.165, 1.54) is 51.9 Å². The lowest BCUT2D eigenvalue weighted by atomic mass is 9.67. The van der Waals surface area contributed by atoms with Crippen LogP contribution in [-0.2, 0) is 0 Å². The molecule has 2 rings (SSSR count). The summed E-state index contributed by atoms with van der Waals surface area (Å²) in [5, 5.41) is 7.05. The van der Waals surface area contributed by atoms with Crippen LogP contribution in [0.3, 0.4) is 0 Å². The fourth-order valence-electron chi connectivity index (χ4n) is 3.46. The third kappa shape index (κ3) is 6.05. The minimum Gasteiger partial charge on any atom is -0.356 e. The first-order chi connectivity index (χ1) is 10.6. The Hall–Kier alpha value is -0.0800. The second-order valence-electron chi connectivity index (χ2n) is 7.20. The number of hydrogen-bond acceptors (Lipinski definition) is 3. The highest BCUT2D eigenvalue weighted by atomic mass is 127. The number of nitrogens with zero attached hydrogens (tertiary/aromatic N) is 3. The Morgan fingerprint density at radius 3 is 2.30 bits per heavy atom. The van der Waals surface area contributed by atoms with Crippen molar-refractivity contribution in [3.63, 3.8) is 0 Å². The third-order valence-electron chi connectivity index (χ3n) is 5.74. The summed E-state index contributed by atoms with van der Waals surface area (Å²) in [5.41, 5.74) is 0.528. The van der Waals surface area contributed by atoms with Crippen molar-refractivity contribution in [3.05, 3.63) is 0 Å². The van der Waals surface area contributed by atoms with Crippen molar-refractivity contribution in [3.8, 4) is 0 Å². The maximum absolute atomic E-state index is 4.38. The molecule has 5 nitrogen and oxygen atoms in total. The summed E-state index contributed by atoms with van der Waals surface area (Å²) >= 11 is 0. The number of hydrogen-bond donors (Lipinski definition) is 2. The fourth-order valence-corrected chi connectivity index (χ4v) is 3.46. The van der Waals surface area contributed by atoms with Crippen molar-refractivity contribution in [1.29, 1.82) is 0 Å². The van der Waals surface area contributed by atoms with E-state index >= 15 is 0 Å². The van der Waals surface area contributed by atoms with Crippen LogP contribution in [0, 0.1) is 5.41 Å². The van der Waals surface area contributed by atoms with Crippen molar-refractivity contribution in [2.75, 3.05) is 53.4 Å². The van der Waals surface area contributed by atoms with Crippen LogP contribution in [0.2, 0.25) is 0 Å². The summed E-state index contributed by atoms with van der Waals surface area (Å²) in [6.45, 7) is 11.3. The first kappa shape index (κ1) is 21.0. The average molecular weight is 437 g/mol. The Labute approximate surface area is 159 Å². The van der Waals surface area contributed by atoms with Crippen molar-refractivity contribution in [2.24, 2.45) is 10.4 Å². The molecule has 1 aliphatic heterocycles. The first-order valence-corrected chi connectivity index (χ1v) is 8.96. The number of guanidine groups is 1. The van der Waals surface area contributed by atoms with Gasteiger partial charge in [-0.15, -0.1) is 24.0 Å². The molecule has 2 aliphatic rings. The van der Waals surface area contributed by atoms with Gasteiger partial charge in [-0.2, -0.15) is 0 Å². The van der Waals surface area contributed by atoms with E-state index in [-0.39, 0.29) is 24.0 Å². The second kappa shape index (κ2) is 10.0. The topological polar surface area (TPSA) is 42.9 Å². The predicted octanol–water partition coefficient (Wildman–Crippen LogP) is 1.99. The molecule has 0 bridgehead atoms. The van der Waals surface area contributed by atoms with Gasteiger partial charge in [-0.05, 0) is 38.6 Å². The third-order valence-corrected chi connectivity index (χ3v) is 5.74. The van der Waals surface area contributed by atoms with E-state index in [0.29, 0.717) is 11.5 Å². The van der Waals surface area contributed by atoms with Gasteiger partial charge < -0.3 is 15.5 Å². The Morgan fingerprint density at radius 2 is 1.83 bits per heavy atom. The van der Waals surface area contributed by atoms with Crippen LogP contribution in [0.4, 0.5) is 0 Å². The molecule has 0 aromatic rings. The normalized spacial score (nSPS) is 23.6. The molecule has 0 aromatic heterocycles. The molecule has 0 radical (unpaired) electrons. The summed E-state index contributed by atoms with van der Waals surface area (Å²) < 4.78 is 0. The molecule has 23 heavy (non-hydrogen) atoms. The van der Waals surface area contributed by atoms with E-state index in [9.17, 15) is 0 Å². The molecule has 0 aromatic carbocycles. The largest absolute Gasteiger partial charge is 0.356 e. The minimum atomic E-state index is 0. The summed E-state index contributed by atoms with van der Waals surface area (Å²) in [5.74, 6) is 0.959. The molecule has 2 fully saturated rings. The van der Waals surface area contributed by atoms with E-state index in [1.54, 1.807) is 0 Å². The van der Waals surface area contributed by atoms with E-state index < -0.39 is 0 Å². The highest BCUT2D eigenvalue weighted by Crippen LogP contribution is 2.42. The highest BCUT2D eigenvalue weighted by molar-refractivity contribution is 14.0. The van der Waals surface area contributed by atoms with Crippen molar-refractivity contribution >= 4 is 29.9 Å². The number of likely N-dealkylation sites (N-methyl/N-ethyl adjacent to an activating group) is 1. The Bertz CT molecular complexity index is 356. The first-order valence-electron chi connectivity index (χ1n) is 8.96. The Morgan fingerprint density at radius 1 is 1.17 bits per heavy atom. The monoisotopic (exact) mass is 437 g/mol. The quantitative estimate of drug-likeness (QED) is 0.379. The van der Waals surface area contributed by atoms with E-state index in [1.807, 2.05) is 7.05 Å². The van der Waals surface area contributed by atoms with Gasteiger partial charge in [0.2, 0.25) is 0 Å². The van der Waals surface area contributed by atoms with Gasteiger partial charge in [-0.3, -0.25) is 9.89 Å². The smallest absolute Gasteiger partial charge is 0.191 e. The highest BCUT2D eigenvalue weighted by Gasteiger charge is 2.34. The summed E-state index contributed by atoms with van der Waals surface area (Å²) in [6.07, 6.45) is 5.40. The van der Waals surface area contributed by atoms with Crippen LogP contribution in [0.1, 0.15) is 39.5 Å². The van der Waals surface area contributed by atoms with Gasteiger partial charge in [0, 0.05) is 52.4 Å². The average Bonchev–Trinajstić information content (AvgIpc) is 2.50. The van der Waals surface area contributed by atoms with Crippen LogP contribution in [0.15, 0.2) is 4.99 Å². The number of nitrogens with one attached hydrogen (secondary N) is 2. The van der Waals surface area contributed by atoms with Gasteiger partial charge in [0.25, 0.3) is 0 Å². The van der Waals surface area contributed by atoms with Gasteiger partial charge in [0.1, 0.15) is 0 Å². The molecule has 1 saturated carbocycles. The van der Waals surface area contributed by atoms with E-state index in [0.717, 1.165) is 19.0 Å². The molecular formula is C17H36IN5. The van der Waals surface area contributed by atoms with Crippen LogP contribution in [0.5, 0.6) is 0 Å². The van der Waals surface area contributed by atoms with Crippen molar-refractivity contribution in [2.45, 2.75) is 45.6 Å². The van der Waals surface area contributed by atoms with Gasteiger partial charge >= 0.3 is 0 Å². The minimum absolute atomic E-state index is 0. The summed E-state index contributed by atoms with van der Waals surface area (Å²) in [4.78, 5) is 9.35. The van der Waals surface area contributed by atoms with Crippen molar-refractivity contribution < 1.29 is 0 Å². The lowest BCUT2D eigenvalue weighted by Crippen LogP contribution is -2.53. The maximum Gasteiger partial charge on any atom is 0.191 e. The summed E-state index contributed by atoms with van der Waals surface area (Å²) in [6, 6.07) is 0.552. The molecule has 1 aliphatic carbocycles. The fraction of sp³-hybridized carbons (Fsp3) is 0.941. The molecular weight excluding hydrogens is 401 g/mol. The van der Waals surface area contributed by atoms with Gasteiger partial charge in [-0.25, -0.2) is 0 Å². The standard InChI is InChI=1S/C17H35N5.HI/c1-5-17(7-6-8-17)14-20-16(18-3)19-13-15(2)22-11-9-21(4)10-12-22;/h15H,5-14H2,1-4H3,(H2,18,19,20);1H. The molecule has 1 saturated heterocycles. The molecule has 1 heterocycles. The van der Waals surface area contributed by atoms with E-state index in [4.69, 9.17) is 0 Å². The molecule has 1 unspecified atom stereocenters. The SMILES string of the molecule is CCC1(CNC(=NC)NCC(C)N2CCN(C)CC2)CCC1.I. The zero-order valence-corrected chi connectivity index (χ0v) is 17.7. The van der Waals surface area contributed by atoms with Gasteiger partial charge in [-0.1, -0.05) is 13.3 Å². The van der Waals surface area contributed by atoms with Crippen LogP contribution in [-0.4, -0.2) is 75.2 Å². The van der Waals surface area contributed by atoms with Crippen molar-refractivity contribution in [1.82, 2.24) is 20.4 Å². The van der Waals surface area contributed by atoms with Gasteiger partial charge in [0.05, 0.1) is 0 Å². The molecule has 136 valence electrons. The predicted molar refractivity (Wildman–Crippen MR) is 110 cm³/mol. The second-order valence-corrected chi connectivity index (χ2v) is 7.20. The maximum atomic E-state index is 4.38. The summed E-state index contributed by atoms with van der Waals surface area (Å²) in [7, 11) is 4.07. The Balaban J connectivity index is 0.00000264. The zero-order valence-electron chi connectivity index (χ0n) is 15.4. The van der Waals surface area contributed by atoms with E-state index in [2.05, 4.69) is 46.3 Å².